The average molecular weight is 319 g/mol. The van der Waals surface area contributed by atoms with Gasteiger partial charge in [0.25, 0.3) is 0 Å². The van der Waals surface area contributed by atoms with Crippen LogP contribution in [0.5, 0.6) is 5.75 Å². The highest BCUT2D eigenvalue weighted by atomic mass is 19.1. The lowest BCUT2D eigenvalue weighted by Gasteiger charge is -2.21. The molecule has 23 heavy (non-hydrogen) atoms. The van der Waals surface area contributed by atoms with E-state index in [0.717, 1.165) is 24.0 Å². The maximum absolute atomic E-state index is 13.8. The second-order valence-electron chi connectivity index (χ2n) is 6.82. The van der Waals surface area contributed by atoms with Crippen LogP contribution in [0.15, 0.2) is 23.2 Å². The Morgan fingerprint density at radius 2 is 2.17 bits per heavy atom. The van der Waals surface area contributed by atoms with E-state index in [9.17, 15) is 4.39 Å². The van der Waals surface area contributed by atoms with Crippen LogP contribution < -0.4 is 15.4 Å². The molecule has 0 radical (unpaired) electrons. The second-order valence-corrected chi connectivity index (χ2v) is 6.82. The number of hydrogen-bond acceptors (Lipinski definition) is 2. The minimum Gasteiger partial charge on any atom is -0.494 e. The molecule has 0 aliphatic heterocycles. The summed E-state index contributed by atoms with van der Waals surface area (Å²) < 4.78 is 18.8. The molecule has 3 rings (SSSR count). The molecule has 5 heteroatoms. The van der Waals surface area contributed by atoms with Gasteiger partial charge < -0.3 is 15.4 Å². The summed E-state index contributed by atoms with van der Waals surface area (Å²) >= 11 is 0. The van der Waals surface area contributed by atoms with Gasteiger partial charge in [-0.3, -0.25) is 4.99 Å². The fourth-order valence-corrected chi connectivity index (χ4v) is 3.28. The molecular weight excluding hydrogens is 293 g/mol. The van der Waals surface area contributed by atoms with Crippen LogP contribution >= 0.6 is 0 Å². The molecule has 2 N–H and O–H groups in total. The predicted molar refractivity (Wildman–Crippen MR) is 90.3 cm³/mol. The molecule has 126 valence electrons. The first-order valence-electron chi connectivity index (χ1n) is 8.38. The largest absolute Gasteiger partial charge is 0.494 e. The van der Waals surface area contributed by atoms with Crippen LogP contribution in [-0.4, -0.2) is 26.7 Å². The van der Waals surface area contributed by atoms with E-state index in [4.69, 9.17) is 4.74 Å². The smallest absolute Gasteiger partial charge is 0.191 e. The molecule has 0 heterocycles. The van der Waals surface area contributed by atoms with Crippen LogP contribution in [0.1, 0.15) is 44.2 Å². The van der Waals surface area contributed by atoms with E-state index in [1.165, 1.54) is 38.9 Å². The van der Waals surface area contributed by atoms with E-state index < -0.39 is 0 Å². The van der Waals surface area contributed by atoms with Crippen LogP contribution in [0.2, 0.25) is 0 Å². The number of benzene rings is 1. The Balaban J connectivity index is 1.56. The molecule has 1 aromatic carbocycles. The molecule has 0 bridgehead atoms. The highest BCUT2D eigenvalue weighted by Crippen LogP contribution is 2.60. The first-order chi connectivity index (χ1) is 11.1. The van der Waals surface area contributed by atoms with Crippen molar-refractivity contribution >= 4 is 5.96 Å². The molecule has 2 aliphatic rings. The van der Waals surface area contributed by atoms with Gasteiger partial charge in [0, 0.05) is 13.6 Å². The van der Waals surface area contributed by atoms with Gasteiger partial charge in [-0.15, -0.1) is 0 Å². The molecule has 0 saturated heterocycles. The van der Waals surface area contributed by atoms with Crippen molar-refractivity contribution in [3.05, 3.63) is 29.6 Å². The molecule has 2 fully saturated rings. The van der Waals surface area contributed by atoms with Crippen molar-refractivity contribution in [3.8, 4) is 5.75 Å². The third-order valence-corrected chi connectivity index (χ3v) is 5.20. The van der Waals surface area contributed by atoms with Crippen molar-refractivity contribution in [1.82, 2.24) is 10.6 Å². The number of guanidine groups is 1. The number of methoxy groups -OCH3 is 1. The summed E-state index contributed by atoms with van der Waals surface area (Å²) in [5.74, 6) is 1.62. The summed E-state index contributed by atoms with van der Waals surface area (Å²) in [4.78, 5) is 4.30. The number of halogens is 1. The summed E-state index contributed by atoms with van der Waals surface area (Å²) in [6.07, 6.45) is 5.44. The third kappa shape index (κ3) is 3.59. The number of hydrogen-bond donors (Lipinski definition) is 2. The number of rotatable bonds is 6. The lowest BCUT2D eigenvalue weighted by Crippen LogP contribution is -2.41. The van der Waals surface area contributed by atoms with Crippen molar-refractivity contribution in [2.75, 3.05) is 20.7 Å². The number of aliphatic imine (C=N–C) groups is 1. The van der Waals surface area contributed by atoms with E-state index in [0.29, 0.717) is 5.41 Å². The lowest BCUT2D eigenvalue weighted by molar-refractivity contribution is 0.386. The molecule has 4 nitrogen and oxygen atoms in total. The SMILES string of the molecule is CN=C(NCC1(C2CC2)CC1)NC(C)c1ccc(OC)c(F)c1. The van der Waals surface area contributed by atoms with E-state index in [2.05, 4.69) is 15.6 Å². The van der Waals surface area contributed by atoms with Crippen LogP contribution in [0.4, 0.5) is 4.39 Å². The Morgan fingerprint density at radius 3 is 2.70 bits per heavy atom. The Kier molecular flexibility index (Phi) is 4.46. The fraction of sp³-hybridized carbons (Fsp3) is 0.611. The summed E-state index contributed by atoms with van der Waals surface area (Å²) in [6, 6.07) is 5.01. The van der Waals surface area contributed by atoms with Crippen LogP contribution in [0, 0.1) is 17.2 Å². The number of nitrogens with one attached hydrogen (secondary N) is 2. The minimum absolute atomic E-state index is 0.0299. The lowest BCUT2D eigenvalue weighted by atomic mass is 10.0. The van der Waals surface area contributed by atoms with Gasteiger partial charge in [-0.25, -0.2) is 4.39 Å². The third-order valence-electron chi connectivity index (χ3n) is 5.20. The van der Waals surface area contributed by atoms with E-state index in [1.807, 2.05) is 13.0 Å². The molecule has 0 spiro atoms. The van der Waals surface area contributed by atoms with E-state index in [1.54, 1.807) is 13.1 Å². The van der Waals surface area contributed by atoms with Crippen molar-refractivity contribution in [2.24, 2.45) is 16.3 Å². The molecular formula is C18H26FN3O. The summed E-state index contributed by atoms with van der Waals surface area (Å²) in [5, 5.41) is 6.79. The maximum atomic E-state index is 13.8. The van der Waals surface area contributed by atoms with Gasteiger partial charge in [0.05, 0.1) is 13.2 Å². The minimum atomic E-state index is -0.340. The van der Waals surface area contributed by atoms with E-state index >= 15 is 0 Å². The quantitative estimate of drug-likeness (QED) is 0.625. The molecule has 0 amide bonds. The molecule has 2 aliphatic carbocycles. The Morgan fingerprint density at radius 1 is 1.43 bits per heavy atom. The molecule has 2 saturated carbocycles. The molecule has 0 aromatic heterocycles. The van der Waals surface area contributed by atoms with Crippen molar-refractivity contribution < 1.29 is 9.13 Å². The Bertz CT molecular complexity index is 594. The van der Waals surface area contributed by atoms with Crippen LogP contribution in [0.25, 0.3) is 0 Å². The standard InChI is InChI=1S/C18H26FN3O/c1-12(13-4-7-16(23-3)15(19)10-13)22-17(20-2)21-11-18(8-9-18)14-5-6-14/h4,7,10,12,14H,5-6,8-9,11H2,1-3H3,(H2,20,21,22). The maximum Gasteiger partial charge on any atom is 0.191 e. The van der Waals surface area contributed by atoms with Crippen LogP contribution in [0.3, 0.4) is 0 Å². The summed E-state index contributed by atoms with van der Waals surface area (Å²) in [7, 11) is 3.24. The zero-order valence-electron chi connectivity index (χ0n) is 14.2. The predicted octanol–water partition coefficient (Wildman–Crippen LogP) is 3.25. The topological polar surface area (TPSA) is 45.7 Å². The first-order valence-corrected chi connectivity index (χ1v) is 8.38. The molecule has 1 unspecified atom stereocenters. The van der Waals surface area contributed by atoms with Gasteiger partial charge in [0.1, 0.15) is 0 Å². The normalized spacial score (nSPS) is 20.8. The average Bonchev–Trinajstić information content (AvgIpc) is 3.43. The zero-order chi connectivity index (χ0) is 16.4. The zero-order valence-corrected chi connectivity index (χ0v) is 14.2. The van der Waals surface area contributed by atoms with Gasteiger partial charge in [0.2, 0.25) is 0 Å². The van der Waals surface area contributed by atoms with Gasteiger partial charge >= 0.3 is 0 Å². The van der Waals surface area contributed by atoms with Gasteiger partial charge in [-0.05, 0) is 61.6 Å². The van der Waals surface area contributed by atoms with Gasteiger partial charge in [-0.2, -0.15) is 0 Å². The van der Waals surface area contributed by atoms with E-state index in [-0.39, 0.29) is 17.6 Å². The number of ether oxygens (including phenoxy) is 1. The monoisotopic (exact) mass is 319 g/mol. The van der Waals surface area contributed by atoms with Gasteiger partial charge in [0.15, 0.2) is 17.5 Å². The highest BCUT2D eigenvalue weighted by Gasteiger charge is 2.53. The Labute approximate surface area is 137 Å². The van der Waals surface area contributed by atoms with Crippen LogP contribution in [-0.2, 0) is 0 Å². The van der Waals surface area contributed by atoms with Crippen molar-refractivity contribution in [3.63, 3.8) is 0 Å². The second kappa shape index (κ2) is 6.38. The Hall–Kier alpha value is -1.78. The summed E-state index contributed by atoms with van der Waals surface area (Å²) in [6.45, 7) is 2.99. The van der Waals surface area contributed by atoms with Crippen molar-refractivity contribution in [2.45, 2.75) is 38.6 Å². The number of nitrogens with zero attached hydrogens (tertiary/aromatic N) is 1. The highest BCUT2D eigenvalue weighted by molar-refractivity contribution is 5.80. The molecule has 1 atom stereocenters. The first kappa shape index (κ1) is 16.1. The molecule has 1 aromatic rings. The fourth-order valence-electron chi connectivity index (χ4n) is 3.28. The van der Waals surface area contributed by atoms with Gasteiger partial charge in [-0.1, -0.05) is 6.07 Å². The van der Waals surface area contributed by atoms with Crippen molar-refractivity contribution in [1.29, 1.82) is 0 Å². The summed E-state index contributed by atoms with van der Waals surface area (Å²) in [5.41, 5.74) is 1.39.